The molecule has 120 valence electrons. The number of nitrogens with zero attached hydrogens (tertiary/aromatic N) is 2. The molecule has 2 aromatic carbocycles. The van der Waals surface area contributed by atoms with Gasteiger partial charge in [0.1, 0.15) is 5.82 Å². The molecule has 0 fully saturated rings. The van der Waals surface area contributed by atoms with Crippen molar-refractivity contribution < 1.29 is 0 Å². The van der Waals surface area contributed by atoms with E-state index in [9.17, 15) is 0 Å². The second-order valence-corrected chi connectivity index (χ2v) is 6.45. The van der Waals surface area contributed by atoms with E-state index in [0.717, 1.165) is 29.8 Å². The molecule has 2 N–H and O–H groups in total. The van der Waals surface area contributed by atoms with Crippen molar-refractivity contribution in [1.82, 2.24) is 9.55 Å². The summed E-state index contributed by atoms with van der Waals surface area (Å²) in [6.07, 6.45) is 1.05. The molecular weight excluding hydrogens is 282 g/mol. The SMILES string of the molecule is CC[C@H](C)[C@H](N)c1nc2ccccc2n1Cc1cccc(C)c1. The quantitative estimate of drug-likeness (QED) is 0.757. The molecule has 0 aliphatic rings. The lowest BCUT2D eigenvalue weighted by atomic mass is 9.99. The molecule has 0 bridgehead atoms. The molecule has 0 amide bonds. The van der Waals surface area contributed by atoms with Crippen molar-refractivity contribution in [1.29, 1.82) is 0 Å². The number of fused-ring (bicyclic) bond motifs is 1. The van der Waals surface area contributed by atoms with Crippen LogP contribution in [0.25, 0.3) is 11.0 Å². The summed E-state index contributed by atoms with van der Waals surface area (Å²) in [6, 6.07) is 16.9. The van der Waals surface area contributed by atoms with E-state index in [0.29, 0.717) is 5.92 Å². The van der Waals surface area contributed by atoms with Crippen molar-refractivity contribution in [3.05, 3.63) is 65.5 Å². The summed E-state index contributed by atoms with van der Waals surface area (Å²) < 4.78 is 2.28. The van der Waals surface area contributed by atoms with Gasteiger partial charge in [-0.15, -0.1) is 0 Å². The Labute approximate surface area is 138 Å². The molecule has 0 spiro atoms. The highest BCUT2D eigenvalue weighted by atomic mass is 15.1. The average molecular weight is 307 g/mol. The minimum Gasteiger partial charge on any atom is -0.322 e. The normalized spacial score (nSPS) is 14.1. The Hall–Kier alpha value is -2.13. The predicted octanol–water partition coefficient (Wildman–Crippen LogP) is 4.44. The summed E-state index contributed by atoms with van der Waals surface area (Å²) >= 11 is 0. The van der Waals surface area contributed by atoms with Gasteiger partial charge in [-0.3, -0.25) is 0 Å². The van der Waals surface area contributed by atoms with Crippen molar-refractivity contribution in [2.24, 2.45) is 11.7 Å². The smallest absolute Gasteiger partial charge is 0.127 e. The summed E-state index contributed by atoms with van der Waals surface area (Å²) in [5.41, 5.74) is 11.3. The van der Waals surface area contributed by atoms with Gasteiger partial charge in [0.05, 0.1) is 17.1 Å². The first-order chi connectivity index (χ1) is 11.1. The number of para-hydroxylation sites is 2. The molecule has 3 heteroatoms. The summed E-state index contributed by atoms with van der Waals surface area (Å²) in [5, 5.41) is 0. The van der Waals surface area contributed by atoms with E-state index >= 15 is 0 Å². The lowest BCUT2D eigenvalue weighted by Gasteiger charge is -2.20. The van der Waals surface area contributed by atoms with Crippen LogP contribution >= 0.6 is 0 Å². The number of nitrogens with two attached hydrogens (primary N) is 1. The number of hydrogen-bond acceptors (Lipinski definition) is 2. The van der Waals surface area contributed by atoms with Crippen LogP contribution in [0, 0.1) is 12.8 Å². The van der Waals surface area contributed by atoms with Crippen LogP contribution in [0.1, 0.15) is 43.3 Å². The van der Waals surface area contributed by atoms with Gasteiger partial charge >= 0.3 is 0 Å². The lowest BCUT2D eigenvalue weighted by molar-refractivity contribution is 0.428. The molecule has 0 saturated carbocycles. The monoisotopic (exact) mass is 307 g/mol. The maximum atomic E-state index is 6.51. The number of imidazole rings is 1. The first kappa shape index (κ1) is 15.8. The van der Waals surface area contributed by atoms with Crippen LogP contribution in [0.3, 0.4) is 0 Å². The second kappa shape index (κ2) is 6.55. The van der Waals surface area contributed by atoms with Crippen molar-refractivity contribution in [3.8, 4) is 0 Å². The third-order valence-corrected chi connectivity index (χ3v) is 4.66. The fourth-order valence-electron chi connectivity index (χ4n) is 3.02. The molecule has 0 saturated heterocycles. The van der Waals surface area contributed by atoms with Crippen LogP contribution in [-0.2, 0) is 6.54 Å². The molecule has 0 aliphatic heterocycles. The molecule has 3 nitrogen and oxygen atoms in total. The standard InChI is InChI=1S/C20H25N3/c1-4-15(3)19(21)20-22-17-10-5-6-11-18(17)23(20)13-16-9-7-8-14(2)12-16/h5-12,15,19H,4,13,21H2,1-3H3/t15-,19-/m0/s1. The molecule has 3 rings (SSSR count). The van der Waals surface area contributed by atoms with Crippen LogP contribution in [0.4, 0.5) is 0 Å². The van der Waals surface area contributed by atoms with Gasteiger partial charge in [0.25, 0.3) is 0 Å². The van der Waals surface area contributed by atoms with E-state index < -0.39 is 0 Å². The Morgan fingerprint density at radius 3 is 2.65 bits per heavy atom. The summed E-state index contributed by atoms with van der Waals surface area (Å²) in [4.78, 5) is 4.84. The van der Waals surface area contributed by atoms with Crippen molar-refractivity contribution in [2.75, 3.05) is 0 Å². The summed E-state index contributed by atoms with van der Waals surface area (Å²) in [5.74, 6) is 1.39. The predicted molar refractivity (Wildman–Crippen MR) is 96.4 cm³/mol. The Kier molecular flexibility index (Phi) is 4.49. The molecule has 1 aromatic heterocycles. The molecule has 1 heterocycles. The van der Waals surface area contributed by atoms with Crippen LogP contribution in [0.2, 0.25) is 0 Å². The number of hydrogen-bond donors (Lipinski definition) is 1. The van der Waals surface area contributed by atoms with E-state index in [1.54, 1.807) is 0 Å². The number of benzene rings is 2. The molecule has 2 atom stereocenters. The zero-order valence-electron chi connectivity index (χ0n) is 14.2. The average Bonchev–Trinajstić information content (AvgIpc) is 2.92. The molecule has 0 unspecified atom stereocenters. The van der Waals surface area contributed by atoms with E-state index in [1.807, 2.05) is 6.07 Å². The van der Waals surface area contributed by atoms with Crippen LogP contribution in [0.15, 0.2) is 48.5 Å². The van der Waals surface area contributed by atoms with Crippen LogP contribution in [0.5, 0.6) is 0 Å². The Balaban J connectivity index is 2.09. The Morgan fingerprint density at radius 1 is 1.13 bits per heavy atom. The number of aromatic nitrogens is 2. The maximum absolute atomic E-state index is 6.51. The van der Waals surface area contributed by atoms with Crippen molar-refractivity contribution in [3.63, 3.8) is 0 Å². The fourth-order valence-corrected chi connectivity index (χ4v) is 3.02. The minimum atomic E-state index is -0.0443. The third kappa shape index (κ3) is 3.15. The Bertz CT molecular complexity index is 804. The highest BCUT2D eigenvalue weighted by Gasteiger charge is 2.21. The zero-order chi connectivity index (χ0) is 16.4. The van der Waals surface area contributed by atoms with Gasteiger partial charge in [0.15, 0.2) is 0 Å². The Morgan fingerprint density at radius 2 is 1.91 bits per heavy atom. The van der Waals surface area contributed by atoms with Gasteiger partial charge in [-0.05, 0) is 30.5 Å². The molecule has 0 aliphatic carbocycles. The van der Waals surface area contributed by atoms with Gasteiger partial charge in [-0.2, -0.15) is 0 Å². The molecule has 23 heavy (non-hydrogen) atoms. The second-order valence-electron chi connectivity index (χ2n) is 6.45. The summed E-state index contributed by atoms with van der Waals surface area (Å²) in [6.45, 7) is 7.31. The molecule has 0 radical (unpaired) electrons. The summed E-state index contributed by atoms with van der Waals surface area (Å²) in [7, 11) is 0. The minimum absolute atomic E-state index is 0.0443. The van der Waals surface area contributed by atoms with Crippen LogP contribution in [-0.4, -0.2) is 9.55 Å². The van der Waals surface area contributed by atoms with E-state index in [-0.39, 0.29) is 6.04 Å². The zero-order valence-corrected chi connectivity index (χ0v) is 14.2. The maximum Gasteiger partial charge on any atom is 0.127 e. The van der Waals surface area contributed by atoms with Crippen molar-refractivity contribution >= 4 is 11.0 Å². The van der Waals surface area contributed by atoms with Crippen molar-refractivity contribution in [2.45, 2.75) is 39.8 Å². The fraction of sp³-hybridized carbons (Fsp3) is 0.350. The van der Waals surface area contributed by atoms with Gasteiger partial charge in [-0.1, -0.05) is 62.2 Å². The van der Waals surface area contributed by atoms with E-state index in [1.165, 1.54) is 11.1 Å². The number of rotatable bonds is 5. The topological polar surface area (TPSA) is 43.8 Å². The van der Waals surface area contributed by atoms with Gasteiger partial charge < -0.3 is 10.3 Å². The highest BCUT2D eigenvalue weighted by molar-refractivity contribution is 5.76. The molecule has 3 aromatic rings. The highest BCUT2D eigenvalue weighted by Crippen LogP contribution is 2.26. The van der Waals surface area contributed by atoms with E-state index in [2.05, 4.69) is 67.8 Å². The first-order valence-electron chi connectivity index (χ1n) is 8.36. The number of aryl methyl sites for hydroxylation is 1. The van der Waals surface area contributed by atoms with Crippen LogP contribution < -0.4 is 5.73 Å². The lowest BCUT2D eigenvalue weighted by Crippen LogP contribution is -2.23. The largest absolute Gasteiger partial charge is 0.322 e. The van der Waals surface area contributed by atoms with Gasteiger partial charge in [0.2, 0.25) is 0 Å². The molecular formula is C20H25N3. The first-order valence-corrected chi connectivity index (χ1v) is 8.36. The van der Waals surface area contributed by atoms with Gasteiger partial charge in [0, 0.05) is 6.54 Å². The third-order valence-electron chi connectivity index (χ3n) is 4.66. The van der Waals surface area contributed by atoms with Gasteiger partial charge in [-0.25, -0.2) is 4.98 Å². The van der Waals surface area contributed by atoms with E-state index in [4.69, 9.17) is 10.7 Å².